The first-order chi connectivity index (χ1) is 6.54. The lowest BCUT2D eigenvalue weighted by atomic mass is 10.1. The third-order valence-corrected chi connectivity index (χ3v) is 1.90. The first kappa shape index (κ1) is 10.4. The fourth-order valence-electron chi connectivity index (χ4n) is 1.16. The molecule has 0 aliphatic carbocycles. The molecule has 3 N–H and O–H groups in total. The van der Waals surface area contributed by atoms with Crippen LogP contribution in [-0.4, -0.2) is 13.0 Å². The molecule has 0 fully saturated rings. The number of methoxy groups -OCH3 is 1. The molecule has 1 rings (SSSR count). The van der Waals surface area contributed by atoms with Gasteiger partial charge in [-0.15, -0.1) is 0 Å². The Kier molecular flexibility index (Phi) is 2.96. The standard InChI is InChI=1S/C10H14N2O2/c1-6-4-9(12-7(2)13)10(14-3)5-8(6)11/h4-5H,11H2,1-3H3,(H,12,13). The molecule has 0 aliphatic heterocycles. The molecule has 1 aromatic carbocycles. The molecule has 0 radical (unpaired) electrons. The molecule has 76 valence electrons. The third kappa shape index (κ3) is 2.16. The second-order valence-electron chi connectivity index (χ2n) is 3.09. The van der Waals surface area contributed by atoms with Gasteiger partial charge < -0.3 is 15.8 Å². The van der Waals surface area contributed by atoms with Crippen LogP contribution in [0.2, 0.25) is 0 Å². The number of ether oxygens (including phenoxy) is 1. The Labute approximate surface area is 83.1 Å². The molecule has 4 nitrogen and oxygen atoms in total. The van der Waals surface area contributed by atoms with Crippen molar-refractivity contribution in [2.45, 2.75) is 13.8 Å². The molecular formula is C10H14N2O2. The van der Waals surface area contributed by atoms with Crippen LogP contribution in [0.25, 0.3) is 0 Å². The van der Waals surface area contributed by atoms with Crippen LogP contribution in [0.3, 0.4) is 0 Å². The van der Waals surface area contributed by atoms with Gasteiger partial charge in [0.15, 0.2) is 0 Å². The monoisotopic (exact) mass is 194 g/mol. The Balaban J connectivity index is 3.13. The van der Waals surface area contributed by atoms with Gasteiger partial charge in [-0.2, -0.15) is 0 Å². The Bertz CT molecular complexity index is 361. The number of carbonyl (C=O) groups excluding carboxylic acids is 1. The summed E-state index contributed by atoms with van der Waals surface area (Å²) < 4.78 is 5.09. The number of rotatable bonds is 2. The van der Waals surface area contributed by atoms with Crippen molar-refractivity contribution in [3.63, 3.8) is 0 Å². The number of hydrogen-bond donors (Lipinski definition) is 2. The number of benzene rings is 1. The number of nitrogen functional groups attached to an aromatic ring is 1. The van der Waals surface area contributed by atoms with E-state index in [0.717, 1.165) is 5.56 Å². The molecule has 4 heteroatoms. The average molecular weight is 194 g/mol. The van der Waals surface area contributed by atoms with Crippen molar-refractivity contribution in [2.75, 3.05) is 18.2 Å². The van der Waals surface area contributed by atoms with E-state index in [9.17, 15) is 4.79 Å². The van der Waals surface area contributed by atoms with E-state index in [-0.39, 0.29) is 5.91 Å². The van der Waals surface area contributed by atoms with E-state index in [1.165, 1.54) is 14.0 Å². The van der Waals surface area contributed by atoms with Crippen LogP contribution in [0.1, 0.15) is 12.5 Å². The van der Waals surface area contributed by atoms with Crippen molar-refractivity contribution >= 4 is 17.3 Å². The number of amides is 1. The molecule has 0 atom stereocenters. The Morgan fingerprint density at radius 3 is 2.64 bits per heavy atom. The van der Waals surface area contributed by atoms with Crippen molar-refractivity contribution in [2.24, 2.45) is 0 Å². The molecule has 0 heterocycles. The third-order valence-electron chi connectivity index (χ3n) is 1.90. The van der Waals surface area contributed by atoms with Gasteiger partial charge in [0, 0.05) is 18.7 Å². The molecular weight excluding hydrogens is 180 g/mol. The normalized spacial score (nSPS) is 9.64. The van der Waals surface area contributed by atoms with E-state index in [1.54, 1.807) is 12.1 Å². The zero-order chi connectivity index (χ0) is 10.7. The van der Waals surface area contributed by atoms with E-state index in [2.05, 4.69) is 5.32 Å². The SMILES string of the molecule is COc1cc(N)c(C)cc1NC(C)=O. The first-order valence-electron chi connectivity index (χ1n) is 4.26. The largest absolute Gasteiger partial charge is 0.494 e. The van der Waals surface area contributed by atoms with Crippen molar-refractivity contribution in [1.29, 1.82) is 0 Å². The minimum absolute atomic E-state index is 0.132. The van der Waals surface area contributed by atoms with Crippen LogP contribution in [0.4, 0.5) is 11.4 Å². The summed E-state index contributed by atoms with van der Waals surface area (Å²) in [6.45, 7) is 3.32. The minimum Gasteiger partial charge on any atom is -0.494 e. The molecule has 1 amide bonds. The van der Waals surface area contributed by atoms with E-state index >= 15 is 0 Å². The maximum absolute atomic E-state index is 10.9. The van der Waals surface area contributed by atoms with Gasteiger partial charge in [0.1, 0.15) is 5.75 Å². The highest BCUT2D eigenvalue weighted by Crippen LogP contribution is 2.29. The number of nitrogens with two attached hydrogens (primary N) is 1. The fourth-order valence-corrected chi connectivity index (χ4v) is 1.16. The summed E-state index contributed by atoms with van der Waals surface area (Å²) in [6, 6.07) is 3.48. The van der Waals surface area contributed by atoms with E-state index in [0.29, 0.717) is 17.1 Å². The Morgan fingerprint density at radius 1 is 1.50 bits per heavy atom. The van der Waals surface area contributed by atoms with Crippen LogP contribution < -0.4 is 15.8 Å². The minimum atomic E-state index is -0.132. The molecule has 0 saturated carbocycles. The van der Waals surface area contributed by atoms with Gasteiger partial charge in [0.05, 0.1) is 12.8 Å². The zero-order valence-electron chi connectivity index (χ0n) is 8.55. The topological polar surface area (TPSA) is 64.3 Å². The quantitative estimate of drug-likeness (QED) is 0.702. The van der Waals surface area contributed by atoms with Crippen molar-refractivity contribution in [1.82, 2.24) is 0 Å². The van der Waals surface area contributed by atoms with Gasteiger partial charge in [0.25, 0.3) is 0 Å². The predicted molar refractivity (Wildman–Crippen MR) is 56.4 cm³/mol. The van der Waals surface area contributed by atoms with Crippen LogP contribution >= 0.6 is 0 Å². The highest BCUT2D eigenvalue weighted by molar-refractivity contribution is 5.91. The van der Waals surface area contributed by atoms with Gasteiger partial charge in [-0.05, 0) is 18.6 Å². The van der Waals surface area contributed by atoms with Crippen LogP contribution in [0.15, 0.2) is 12.1 Å². The Morgan fingerprint density at radius 2 is 2.14 bits per heavy atom. The molecule has 0 unspecified atom stereocenters. The number of carbonyl (C=O) groups is 1. The average Bonchev–Trinajstić information content (AvgIpc) is 2.10. The van der Waals surface area contributed by atoms with Crippen molar-refractivity contribution in [3.8, 4) is 5.75 Å². The Hall–Kier alpha value is -1.71. The van der Waals surface area contributed by atoms with Crippen molar-refractivity contribution in [3.05, 3.63) is 17.7 Å². The van der Waals surface area contributed by atoms with E-state index in [4.69, 9.17) is 10.5 Å². The second-order valence-corrected chi connectivity index (χ2v) is 3.09. The van der Waals surface area contributed by atoms with Gasteiger partial charge in [-0.3, -0.25) is 4.79 Å². The van der Waals surface area contributed by atoms with Crippen LogP contribution in [-0.2, 0) is 4.79 Å². The summed E-state index contributed by atoms with van der Waals surface area (Å²) in [6.07, 6.45) is 0. The molecule has 1 aromatic rings. The smallest absolute Gasteiger partial charge is 0.221 e. The summed E-state index contributed by atoms with van der Waals surface area (Å²) in [5, 5.41) is 2.67. The summed E-state index contributed by atoms with van der Waals surface area (Å²) in [7, 11) is 1.54. The maximum atomic E-state index is 10.9. The number of anilines is 2. The highest BCUT2D eigenvalue weighted by Gasteiger charge is 2.06. The lowest BCUT2D eigenvalue weighted by Crippen LogP contribution is -2.08. The molecule has 0 aliphatic rings. The predicted octanol–water partition coefficient (Wildman–Crippen LogP) is 1.54. The lowest BCUT2D eigenvalue weighted by Gasteiger charge is -2.11. The van der Waals surface area contributed by atoms with Gasteiger partial charge in [0.2, 0.25) is 5.91 Å². The molecule has 0 saturated heterocycles. The van der Waals surface area contributed by atoms with Crippen LogP contribution in [0, 0.1) is 6.92 Å². The number of hydrogen-bond acceptors (Lipinski definition) is 3. The number of nitrogens with one attached hydrogen (secondary N) is 1. The lowest BCUT2D eigenvalue weighted by molar-refractivity contribution is -0.114. The van der Waals surface area contributed by atoms with Crippen molar-refractivity contribution < 1.29 is 9.53 Å². The van der Waals surface area contributed by atoms with Gasteiger partial charge in [-0.25, -0.2) is 0 Å². The molecule has 14 heavy (non-hydrogen) atoms. The molecule has 0 bridgehead atoms. The van der Waals surface area contributed by atoms with Crippen LogP contribution in [0.5, 0.6) is 5.75 Å². The van der Waals surface area contributed by atoms with Gasteiger partial charge >= 0.3 is 0 Å². The fraction of sp³-hybridized carbons (Fsp3) is 0.300. The maximum Gasteiger partial charge on any atom is 0.221 e. The summed E-state index contributed by atoms with van der Waals surface area (Å²) in [5.74, 6) is 0.441. The summed E-state index contributed by atoms with van der Waals surface area (Å²) in [4.78, 5) is 10.9. The highest BCUT2D eigenvalue weighted by atomic mass is 16.5. The first-order valence-corrected chi connectivity index (χ1v) is 4.26. The molecule has 0 aromatic heterocycles. The summed E-state index contributed by atoms with van der Waals surface area (Å²) >= 11 is 0. The van der Waals surface area contributed by atoms with E-state index in [1.807, 2.05) is 6.92 Å². The van der Waals surface area contributed by atoms with Gasteiger partial charge in [-0.1, -0.05) is 0 Å². The second kappa shape index (κ2) is 4.00. The summed E-state index contributed by atoms with van der Waals surface area (Å²) in [5.41, 5.74) is 7.91. The zero-order valence-corrected chi connectivity index (χ0v) is 8.55. The van der Waals surface area contributed by atoms with E-state index < -0.39 is 0 Å². The number of aryl methyl sites for hydroxylation is 1. The molecule has 0 spiro atoms.